The minimum Gasteiger partial charge on any atom is -0.466 e. The third kappa shape index (κ3) is 17.3. The molecule has 0 aliphatic carbocycles. The molecule has 0 N–H and O–H groups in total. The van der Waals surface area contributed by atoms with E-state index in [4.69, 9.17) is 0 Å². The molecule has 0 aliphatic rings. The van der Waals surface area contributed by atoms with Crippen molar-refractivity contribution in [2.75, 3.05) is 6.61 Å². The van der Waals surface area contributed by atoms with E-state index in [0.717, 1.165) is 12.8 Å². The van der Waals surface area contributed by atoms with Crippen molar-refractivity contribution in [3.05, 3.63) is 0 Å². The minimum atomic E-state index is -0.182. The summed E-state index contributed by atoms with van der Waals surface area (Å²) in [5.41, 5.74) is 0. The Morgan fingerprint density at radius 1 is 1.21 bits per heavy atom. The molecule has 3 heteroatoms. The number of Topliss-reactive ketones (excluding diaryl/α,β-unsaturated/α-hetero) is 1. The molecule has 0 fully saturated rings. The Kier molecular flexibility index (Phi) is 11.4. The first kappa shape index (κ1) is 15.6. The molecule has 0 saturated heterocycles. The summed E-state index contributed by atoms with van der Waals surface area (Å²) in [6.45, 7) is 9.44. The van der Waals surface area contributed by atoms with E-state index < -0.39 is 0 Å². The Bertz CT molecular complexity index is 162. The van der Waals surface area contributed by atoms with Gasteiger partial charge in [0.2, 0.25) is 0 Å². The predicted octanol–water partition coefficient (Wildman–Crippen LogP) is 2.58. The van der Waals surface area contributed by atoms with Crippen LogP contribution in [0.3, 0.4) is 0 Å². The highest BCUT2D eigenvalue weighted by Gasteiger charge is 1.95. The molecular weight excluding hydrogens is 180 g/mol. The first-order chi connectivity index (χ1) is 6.41. The highest BCUT2D eigenvalue weighted by atomic mass is 16.5. The van der Waals surface area contributed by atoms with Crippen LogP contribution in [0.2, 0.25) is 0 Å². The van der Waals surface area contributed by atoms with Gasteiger partial charge in [0.25, 0.3) is 0 Å². The maximum atomic E-state index is 10.1. The maximum Gasteiger partial charge on any atom is 0.302 e. The summed E-state index contributed by atoms with van der Waals surface area (Å²) in [4.78, 5) is 20.2. The molecule has 0 atom stereocenters. The fourth-order valence-corrected chi connectivity index (χ4v) is 0.360. The quantitative estimate of drug-likeness (QED) is 0.520. The number of hydrogen-bond donors (Lipinski definition) is 0. The Morgan fingerprint density at radius 2 is 1.64 bits per heavy atom. The summed E-state index contributed by atoms with van der Waals surface area (Å²) in [5.74, 6) is 0.290. The van der Waals surface area contributed by atoms with E-state index >= 15 is 0 Å². The van der Waals surface area contributed by atoms with Crippen molar-refractivity contribution in [2.24, 2.45) is 5.92 Å². The average Bonchev–Trinajstić information content (AvgIpc) is 2.05. The van der Waals surface area contributed by atoms with Crippen LogP contribution in [-0.4, -0.2) is 18.4 Å². The number of ketones is 1. The first-order valence-corrected chi connectivity index (χ1v) is 5.05. The molecule has 0 saturated carbocycles. The molecule has 0 amide bonds. The number of unbranched alkanes of at least 4 members (excludes halogenated alkanes) is 1. The lowest BCUT2D eigenvalue weighted by atomic mass is 10.1. The first-order valence-electron chi connectivity index (χ1n) is 5.05. The van der Waals surface area contributed by atoms with Crippen LogP contribution >= 0.6 is 0 Å². The van der Waals surface area contributed by atoms with Crippen LogP contribution in [0.25, 0.3) is 0 Å². The third-order valence-electron chi connectivity index (χ3n) is 1.62. The monoisotopic (exact) mass is 202 g/mol. The molecule has 0 spiro atoms. The molecule has 0 aliphatic heterocycles. The summed E-state index contributed by atoms with van der Waals surface area (Å²) in [6, 6.07) is 0. The van der Waals surface area contributed by atoms with Crippen molar-refractivity contribution < 1.29 is 14.3 Å². The van der Waals surface area contributed by atoms with Crippen molar-refractivity contribution in [3.63, 3.8) is 0 Å². The van der Waals surface area contributed by atoms with Crippen LogP contribution < -0.4 is 0 Å². The number of rotatable bonds is 4. The number of ether oxygens (including phenoxy) is 1. The van der Waals surface area contributed by atoms with E-state index in [2.05, 4.69) is 11.7 Å². The Labute approximate surface area is 86.8 Å². The summed E-state index contributed by atoms with van der Waals surface area (Å²) in [7, 11) is 0. The molecule has 84 valence electrons. The van der Waals surface area contributed by atoms with Gasteiger partial charge in [0.1, 0.15) is 5.78 Å². The second-order valence-corrected chi connectivity index (χ2v) is 3.46. The van der Waals surface area contributed by atoms with Gasteiger partial charge in [0.15, 0.2) is 0 Å². The lowest BCUT2D eigenvalue weighted by molar-refractivity contribution is -0.141. The zero-order valence-electron chi connectivity index (χ0n) is 9.92. The minimum absolute atomic E-state index is 0.182. The number of carbonyl (C=O) groups is 2. The van der Waals surface area contributed by atoms with Gasteiger partial charge in [-0.05, 0) is 13.3 Å². The molecular formula is C11H22O3. The van der Waals surface area contributed by atoms with E-state index in [0.29, 0.717) is 6.61 Å². The van der Waals surface area contributed by atoms with Crippen molar-refractivity contribution in [2.45, 2.75) is 47.5 Å². The van der Waals surface area contributed by atoms with Crippen molar-refractivity contribution >= 4 is 11.8 Å². The molecule has 0 aromatic rings. The molecule has 0 rings (SSSR count). The highest BCUT2D eigenvalue weighted by molar-refractivity contribution is 5.77. The number of hydrogen-bond acceptors (Lipinski definition) is 3. The topological polar surface area (TPSA) is 43.4 Å². The van der Waals surface area contributed by atoms with Gasteiger partial charge in [-0.25, -0.2) is 0 Å². The summed E-state index contributed by atoms with van der Waals surface area (Å²) >= 11 is 0. The molecule has 0 aromatic heterocycles. The Hall–Kier alpha value is -0.860. The number of carbonyl (C=O) groups excluding carboxylic acids is 2. The van der Waals surface area contributed by atoms with Crippen molar-refractivity contribution in [1.29, 1.82) is 0 Å². The molecule has 0 unspecified atom stereocenters. The SMILES string of the molecule is CC(=O)C(C)C.CCCCOC(C)=O. The lowest BCUT2D eigenvalue weighted by Crippen LogP contribution is -1.99. The molecule has 0 radical (unpaired) electrons. The van der Waals surface area contributed by atoms with Gasteiger partial charge < -0.3 is 4.74 Å². The van der Waals surface area contributed by atoms with Crippen LogP contribution in [0.15, 0.2) is 0 Å². The standard InChI is InChI=1S/C6H12O2.C5H10O/c1-3-4-5-8-6(2)7;1-4(2)5(3)6/h3-5H2,1-2H3;4H,1-3H3. The zero-order chi connectivity index (χ0) is 11.6. The predicted molar refractivity (Wildman–Crippen MR) is 57.1 cm³/mol. The van der Waals surface area contributed by atoms with Crippen LogP contribution in [0.1, 0.15) is 47.5 Å². The average molecular weight is 202 g/mol. The van der Waals surface area contributed by atoms with Crippen LogP contribution in [0.5, 0.6) is 0 Å². The van der Waals surface area contributed by atoms with Gasteiger partial charge in [0.05, 0.1) is 6.61 Å². The molecule has 0 aromatic carbocycles. The second-order valence-electron chi connectivity index (χ2n) is 3.46. The van der Waals surface area contributed by atoms with E-state index in [-0.39, 0.29) is 17.7 Å². The van der Waals surface area contributed by atoms with Gasteiger partial charge in [-0.1, -0.05) is 27.2 Å². The van der Waals surface area contributed by atoms with E-state index in [1.807, 2.05) is 13.8 Å². The lowest BCUT2D eigenvalue weighted by Gasteiger charge is -1.96. The van der Waals surface area contributed by atoms with Gasteiger partial charge in [0, 0.05) is 12.8 Å². The highest BCUT2D eigenvalue weighted by Crippen LogP contribution is 1.89. The van der Waals surface area contributed by atoms with E-state index in [1.165, 1.54) is 6.92 Å². The number of esters is 1. The molecule has 3 nitrogen and oxygen atoms in total. The van der Waals surface area contributed by atoms with E-state index in [1.54, 1.807) is 6.92 Å². The van der Waals surface area contributed by atoms with E-state index in [9.17, 15) is 9.59 Å². The Morgan fingerprint density at radius 3 is 1.86 bits per heavy atom. The molecule has 0 heterocycles. The molecule has 0 bridgehead atoms. The summed E-state index contributed by atoms with van der Waals surface area (Å²) < 4.78 is 4.64. The van der Waals surface area contributed by atoms with Crippen LogP contribution in [0.4, 0.5) is 0 Å². The molecule has 14 heavy (non-hydrogen) atoms. The van der Waals surface area contributed by atoms with Crippen molar-refractivity contribution in [3.8, 4) is 0 Å². The smallest absolute Gasteiger partial charge is 0.302 e. The third-order valence-corrected chi connectivity index (χ3v) is 1.62. The van der Waals surface area contributed by atoms with Gasteiger partial charge in [-0.15, -0.1) is 0 Å². The Balaban J connectivity index is 0. The van der Waals surface area contributed by atoms with Crippen LogP contribution in [0, 0.1) is 5.92 Å². The maximum absolute atomic E-state index is 10.1. The fraction of sp³-hybridized carbons (Fsp3) is 0.818. The van der Waals surface area contributed by atoms with Gasteiger partial charge >= 0.3 is 5.97 Å². The van der Waals surface area contributed by atoms with Crippen molar-refractivity contribution in [1.82, 2.24) is 0 Å². The largest absolute Gasteiger partial charge is 0.466 e. The fourth-order valence-electron chi connectivity index (χ4n) is 0.360. The second kappa shape index (κ2) is 10.2. The summed E-state index contributed by atoms with van der Waals surface area (Å²) in [5, 5.41) is 0. The van der Waals surface area contributed by atoms with Gasteiger partial charge in [-0.2, -0.15) is 0 Å². The van der Waals surface area contributed by atoms with Gasteiger partial charge in [-0.3, -0.25) is 9.59 Å². The summed E-state index contributed by atoms with van der Waals surface area (Å²) in [6.07, 6.45) is 2.05. The van der Waals surface area contributed by atoms with Crippen LogP contribution in [-0.2, 0) is 14.3 Å². The normalized spacial score (nSPS) is 9.00. The zero-order valence-corrected chi connectivity index (χ0v) is 9.92.